The molecule has 5 heteroatoms. The first kappa shape index (κ1) is 10.8. The van der Waals surface area contributed by atoms with Crippen molar-refractivity contribution in [2.45, 2.75) is 0 Å². The smallest absolute Gasteiger partial charge is 0.0916 e. The van der Waals surface area contributed by atoms with Gasteiger partial charge in [-0.2, -0.15) is 5.06 Å². The summed E-state index contributed by atoms with van der Waals surface area (Å²) in [6.45, 7) is 3.54. The predicted octanol–water partition coefficient (Wildman–Crippen LogP) is -0.596. The van der Waals surface area contributed by atoms with Crippen LogP contribution in [0.1, 0.15) is 0 Å². The fraction of sp³-hybridized carbons (Fsp3) is 1.00. The van der Waals surface area contributed by atoms with E-state index in [0.717, 1.165) is 26.3 Å². The highest BCUT2D eigenvalue weighted by Crippen LogP contribution is 1.96. The van der Waals surface area contributed by atoms with E-state index in [0.29, 0.717) is 6.61 Å². The van der Waals surface area contributed by atoms with Gasteiger partial charge in [0.25, 0.3) is 0 Å². The van der Waals surface area contributed by atoms with Crippen LogP contribution >= 0.6 is 0 Å². The molecule has 0 aliphatic carbocycles. The average molecular weight is 164 g/mol. The standard InChI is InChI=1S/C6H13NO3.H3N/c8-3-6-10-7-1-4-9-5-2-7;/h8H,1-6H2;1H3. The molecule has 1 aliphatic rings. The van der Waals surface area contributed by atoms with Crippen molar-refractivity contribution in [1.29, 1.82) is 0 Å². The fourth-order valence-electron chi connectivity index (χ4n) is 0.846. The van der Waals surface area contributed by atoms with Crippen LogP contribution in [0.3, 0.4) is 0 Å². The highest BCUT2D eigenvalue weighted by atomic mass is 16.7. The third-order valence-corrected chi connectivity index (χ3v) is 1.34. The Morgan fingerprint density at radius 1 is 1.36 bits per heavy atom. The van der Waals surface area contributed by atoms with Gasteiger partial charge in [0.1, 0.15) is 0 Å². The van der Waals surface area contributed by atoms with Crippen molar-refractivity contribution in [3.05, 3.63) is 0 Å². The molecular weight excluding hydrogens is 148 g/mol. The van der Waals surface area contributed by atoms with Crippen molar-refractivity contribution in [1.82, 2.24) is 11.2 Å². The molecule has 0 aromatic carbocycles. The van der Waals surface area contributed by atoms with Gasteiger partial charge in [-0.05, 0) is 0 Å². The second-order valence-corrected chi connectivity index (χ2v) is 2.10. The van der Waals surface area contributed by atoms with Crippen LogP contribution in [0, 0.1) is 0 Å². The maximum Gasteiger partial charge on any atom is 0.0916 e. The number of ether oxygens (including phenoxy) is 1. The molecule has 0 saturated carbocycles. The molecule has 4 N–H and O–H groups in total. The molecule has 1 heterocycles. The Labute approximate surface area is 66.4 Å². The Balaban J connectivity index is 0.000001000. The Morgan fingerprint density at radius 3 is 2.55 bits per heavy atom. The average Bonchev–Trinajstić information content (AvgIpc) is 2.03. The molecule has 0 bridgehead atoms. The summed E-state index contributed by atoms with van der Waals surface area (Å²) in [7, 11) is 0. The fourth-order valence-corrected chi connectivity index (χ4v) is 0.846. The quantitative estimate of drug-likeness (QED) is 0.582. The lowest BCUT2D eigenvalue weighted by molar-refractivity contribution is -0.198. The molecule has 0 amide bonds. The van der Waals surface area contributed by atoms with Crippen molar-refractivity contribution >= 4 is 0 Å². The molecule has 0 unspecified atom stereocenters. The summed E-state index contributed by atoms with van der Waals surface area (Å²) in [6.07, 6.45) is 0. The van der Waals surface area contributed by atoms with E-state index in [-0.39, 0.29) is 12.8 Å². The van der Waals surface area contributed by atoms with E-state index in [1.807, 2.05) is 5.06 Å². The number of aliphatic hydroxyl groups is 1. The summed E-state index contributed by atoms with van der Waals surface area (Å²) < 4.78 is 5.10. The second kappa shape index (κ2) is 6.51. The highest BCUT2D eigenvalue weighted by Gasteiger charge is 2.09. The van der Waals surface area contributed by atoms with E-state index < -0.39 is 0 Å². The van der Waals surface area contributed by atoms with Gasteiger partial charge in [-0.3, -0.25) is 4.84 Å². The topological polar surface area (TPSA) is 76.9 Å². The molecule has 1 fully saturated rings. The summed E-state index contributed by atoms with van der Waals surface area (Å²) >= 11 is 0. The molecule has 0 aromatic heterocycles. The first-order chi connectivity index (χ1) is 4.93. The number of aliphatic hydroxyl groups excluding tert-OH is 1. The molecular formula is C6H16N2O3. The molecule has 11 heavy (non-hydrogen) atoms. The Bertz CT molecular complexity index is 85.9. The summed E-state index contributed by atoms with van der Waals surface area (Å²) in [6, 6.07) is 0. The van der Waals surface area contributed by atoms with Crippen molar-refractivity contribution in [2.24, 2.45) is 0 Å². The van der Waals surface area contributed by atoms with E-state index in [9.17, 15) is 0 Å². The lowest BCUT2D eigenvalue weighted by atomic mass is 10.5. The van der Waals surface area contributed by atoms with Crippen LogP contribution in [0.2, 0.25) is 0 Å². The Morgan fingerprint density at radius 2 is 2.00 bits per heavy atom. The van der Waals surface area contributed by atoms with Crippen LogP contribution < -0.4 is 6.15 Å². The minimum atomic E-state index is 0. The maximum atomic E-state index is 8.41. The number of hydrogen-bond acceptors (Lipinski definition) is 5. The van der Waals surface area contributed by atoms with Crippen LogP contribution in [-0.2, 0) is 9.57 Å². The van der Waals surface area contributed by atoms with Crippen LogP contribution in [0.5, 0.6) is 0 Å². The van der Waals surface area contributed by atoms with E-state index in [4.69, 9.17) is 14.7 Å². The van der Waals surface area contributed by atoms with Crippen molar-refractivity contribution in [3.8, 4) is 0 Å². The number of hydrogen-bond donors (Lipinski definition) is 2. The zero-order chi connectivity index (χ0) is 7.23. The number of nitrogens with zero attached hydrogens (tertiary/aromatic N) is 1. The lowest BCUT2D eigenvalue weighted by Gasteiger charge is -2.25. The van der Waals surface area contributed by atoms with Gasteiger partial charge in [0.05, 0.1) is 26.4 Å². The molecule has 68 valence electrons. The van der Waals surface area contributed by atoms with Crippen LogP contribution in [-0.4, -0.2) is 49.7 Å². The van der Waals surface area contributed by atoms with Crippen LogP contribution in [0.15, 0.2) is 0 Å². The summed E-state index contributed by atoms with van der Waals surface area (Å²) in [5, 5.41) is 10.2. The summed E-state index contributed by atoms with van der Waals surface area (Å²) in [5.41, 5.74) is 0. The molecule has 5 nitrogen and oxygen atoms in total. The number of rotatable bonds is 3. The van der Waals surface area contributed by atoms with Gasteiger partial charge in [-0.15, -0.1) is 0 Å². The van der Waals surface area contributed by atoms with Gasteiger partial charge in [0.2, 0.25) is 0 Å². The van der Waals surface area contributed by atoms with Gasteiger partial charge in [-0.25, -0.2) is 0 Å². The highest BCUT2D eigenvalue weighted by molar-refractivity contribution is 4.50. The molecule has 0 radical (unpaired) electrons. The largest absolute Gasteiger partial charge is 0.394 e. The molecule has 1 saturated heterocycles. The number of morpholine rings is 1. The first-order valence-electron chi connectivity index (χ1n) is 3.50. The third kappa shape index (κ3) is 4.28. The second-order valence-electron chi connectivity index (χ2n) is 2.10. The summed E-state index contributed by atoms with van der Waals surface area (Å²) in [4.78, 5) is 5.14. The normalized spacial score (nSPS) is 19.4. The number of hydroxylamine groups is 2. The SMILES string of the molecule is N.OCCON1CCOCC1. The van der Waals surface area contributed by atoms with Crippen LogP contribution in [0.25, 0.3) is 0 Å². The van der Waals surface area contributed by atoms with Crippen LogP contribution in [0.4, 0.5) is 0 Å². The van der Waals surface area contributed by atoms with Crippen molar-refractivity contribution in [3.63, 3.8) is 0 Å². The molecule has 0 spiro atoms. The predicted molar refractivity (Wildman–Crippen MR) is 40.5 cm³/mol. The third-order valence-electron chi connectivity index (χ3n) is 1.34. The van der Waals surface area contributed by atoms with Gasteiger partial charge in [0, 0.05) is 13.1 Å². The molecule has 0 atom stereocenters. The Hall–Kier alpha value is -0.200. The molecule has 0 aromatic rings. The van der Waals surface area contributed by atoms with E-state index in [1.165, 1.54) is 0 Å². The van der Waals surface area contributed by atoms with Gasteiger partial charge in [0.15, 0.2) is 0 Å². The van der Waals surface area contributed by atoms with Crippen molar-refractivity contribution < 1.29 is 14.7 Å². The minimum Gasteiger partial charge on any atom is -0.394 e. The van der Waals surface area contributed by atoms with Gasteiger partial charge >= 0.3 is 0 Å². The zero-order valence-corrected chi connectivity index (χ0v) is 6.66. The summed E-state index contributed by atoms with van der Waals surface area (Å²) in [5.74, 6) is 0. The molecule has 1 rings (SSSR count). The van der Waals surface area contributed by atoms with Gasteiger partial charge in [-0.1, -0.05) is 0 Å². The zero-order valence-electron chi connectivity index (χ0n) is 6.66. The van der Waals surface area contributed by atoms with Gasteiger partial charge < -0.3 is 16.0 Å². The maximum absolute atomic E-state index is 8.41. The van der Waals surface area contributed by atoms with E-state index >= 15 is 0 Å². The van der Waals surface area contributed by atoms with E-state index in [2.05, 4.69) is 0 Å². The first-order valence-corrected chi connectivity index (χ1v) is 3.50. The molecule has 1 aliphatic heterocycles. The van der Waals surface area contributed by atoms with E-state index in [1.54, 1.807) is 0 Å². The minimum absolute atomic E-state index is 0. The van der Waals surface area contributed by atoms with Crippen molar-refractivity contribution in [2.75, 3.05) is 39.5 Å². The monoisotopic (exact) mass is 164 g/mol. The Kier molecular flexibility index (Phi) is 6.39. The lowest BCUT2D eigenvalue weighted by Crippen LogP contribution is -2.36.